The number of aromatic nitrogens is 1. The van der Waals surface area contributed by atoms with Gasteiger partial charge in [0.05, 0.1) is 10.3 Å². The summed E-state index contributed by atoms with van der Waals surface area (Å²) in [5.41, 5.74) is 0.666. The number of nitro benzene ring substituents is 1. The number of carbonyl (C=O) groups is 1. The molecule has 0 unspecified atom stereocenters. The van der Waals surface area contributed by atoms with Crippen LogP contribution < -0.4 is 5.32 Å². The molecule has 7 nitrogen and oxygen atoms in total. The number of fused-ring (bicyclic) bond motifs is 1. The van der Waals surface area contributed by atoms with Crippen LogP contribution in [0.15, 0.2) is 24.4 Å². The molecule has 110 valence electrons. The van der Waals surface area contributed by atoms with Gasteiger partial charge in [0.1, 0.15) is 5.82 Å². The first-order valence-corrected chi connectivity index (χ1v) is 6.49. The number of benzene rings is 1. The van der Waals surface area contributed by atoms with Gasteiger partial charge in [-0.25, -0.2) is 4.98 Å². The van der Waals surface area contributed by atoms with Gasteiger partial charge in [0.15, 0.2) is 0 Å². The molecule has 2 aromatic rings. The predicted molar refractivity (Wildman–Crippen MR) is 78.5 cm³/mol. The zero-order valence-corrected chi connectivity index (χ0v) is 11.5. The van der Waals surface area contributed by atoms with Crippen molar-refractivity contribution in [3.05, 3.63) is 40.1 Å². The van der Waals surface area contributed by atoms with Crippen LogP contribution in [0.2, 0.25) is 0 Å². The Hall–Kier alpha value is -2.70. The molecular weight excluding hydrogens is 274 g/mol. The maximum absolute atomic E-state index is 11.2. The van der Waals surface area contributed by atoms with E-state index in [0.29, 0.717) is 35.1 Å². The van der Waals surface area contributed by atoms with Gasteiger partial charge in [-0.3, -0.25) is 14.9 Å². The van der Waals surface area contributed by atoms with Gasteiger partial charge in [0.2, 0.25) is 0 Å². The van der Waals surface area contributed by atoms with Crippen molar-refractivity contribution in [3.8, 4) is 0 Å². The normalized spacial score (nSPS) is 10.5. The van der Waals surface area contributed by atoms with E-state index in [0.717, 1.165) is 0 Å². The molecule has 7 heteroatoms. The maximum Gasteiger partial charge on any atom is 0.303 e. The van der Waals surface area contributed by atoms with Crippen molar-refractivity contribution >= 4 is 28.2 Å². The Labute approximate surface area is 120 Å². The Morgan fingerprint density at radius 1 is 1.38 bits per heavy atom. The number of rotatable bonds is 6. The number of hydrogen-bond acceptors (Lipinski definition) is 5. The van der Waals surface area contributed by atoms with E-state index in [1.54, 1.807) is 25.1 Å². The summed E-state index contributed by atoms with van der Waals surface area (Å²) < 4.78 is 0. The van der Waals surface area contributed by atoms with Gasteiger partial charge in [-0.05, 0) is 25.5 Å². The lowest BCUT2D eigenvalue weighted by Gasteiger charge is -2.09. The van der Waals surface area contributed by atoms with E-state index < -0.39 is 10.9 Å². The van der Waals surface area contributed by atoms with Gasteiger partial charge in [0, 0.05) is 30.1 Å². The number of nitrogens with one attached hydrogen (secondary N) is 1. The monoisotopic (exact) mass is 289 g/mol. The number of aryl methyl sites for hydroxylation is 1. The number of carboxylic acids is 1. The van der Waals surface area contributed by atoms with Gasteiger partial charge >= 0.3 is 5.97 Å². The lowest BCUT2D eigenvalue weighted by Crippen LogP contribution is -2.06. The second kappa shape index (κ2) is 6.17. The molecule has 0 fully saturated rings. The van der Waals surface area contributed by atoms with E-state index in [1.807, 2.05) is 0 Å². The van der Waals surface area contributed by atoms with Crippen molar-refractivity contribution in [1.29, 1.82) is 0 Å². The second-order valence-corrected chi connectivity index (χ2v) is 4.67. The Morgan fingerprint density at radius 3 is 2.81 bits per heavy atom. The molecule has 0 saturated heterocycles. The lowest BCUT2D eigenvalue weighted by molar-refractivity contribution is -0.383. The summed E-state index contributed by atoms with van der Waals surface area (Å²) in [5.74, 6) is -0.324. The average molecular weight is 289 g/mol. The molecule has 1 aromatic heterocycles. The molecule has 0 saturated carbocycles. The SMILES string of the molecule is Cc1ccc2c(NCCCC(=O)O)nccc2c1[N+](=O)[O-]. The van der Waals surface area contributed by atoms with Gasteiger partial charge < -0.3 is 10.4 Å². The molecular formula is C14H15N3O4. The number of nitrogens with zero attached hydrogens (tertiary/aromatic N) is 2. The Balaban J connectivity index is 2.31. The number of carboxylic acid groups (broad SMARTS) is 1. The highest BCUT2D eigenvalue weighted by atomic mass is 16.6. The molecule has 0 bridgehead atoms. The highest BCUT2D eigenvalue weighted by molar-refractivity contribution is 5.98. The van der Waals surface area contributed by atoms with Crippen LogP contribution in [-0.2, 0) is 4.79 Å². The third kappa shape index (κ3) is 3.25. The fourth-order valence-corrected chi connectivity index (χ4v) is 2.18. The minimum atomic E-state index is -0.853. The highest BCUT2D eigenvalue weighted by Gasteiger charge is 2.17. The van der Waals surface area contributed by atoms with E-state index in [9.17, 15) is 14.9 Å². The minimum Gasteiger partial charge on any atom is -0.481 e. The molecule has 21 heavy (non-hydrogen) atoms. The summed E-state index contributed by atoms with van der Waals surface area (Å²) in [5, 5.41) is 24.0. The number of aliphatic carboxylic acids is 1. The fraction of sp³-hybridized carbons (Fsp3) is 0.286. The number of anilines is 1. The fourth-order valence-electron chi connectivity index (χ4n) is 2.18. The molecule has 1 heterocycles. The summed E-state index contributed by atoms with van der Waals surface area (Å²) in [6.45, 7) is 2.14. The molecule has 0 amide bonds. The first-order valence-electron chi connectivity index (χ1n) is 6.49. The minimum absolute atomic E-state index is 0.0665. The second-order valence-electron chi connectivity index (χ2n) is 4.67. The summed E-state index contributed by atoms with van der Waals surface area (Å²) in [7, 11) is 0. The van der Waals surface area contributed by atoms with E-state index in [1.165, 1.54) is 6.20 Å². The molecule has 0 atom stereocenters. The summed E-state index contributed by atoms with van der Waals surface area (Å²) in [4.78, 5) is 25.4. The largest absolute Gasteiger partial charge is 0.481 e. The zero-order valence-electron chi connectivity index (χ0n) is 11.5. The highest BCUT2D eigenvalue weighted by Crippen LogP contribution is 2.31. The van der Waals surface area contributed by atoms with Gasteiger partial charge in [-0.1, -0.05) is 6.07 Å². The van der Waals surface area contributed by atoms with Crippen LogP contribution in [0.1, 0.15) is 18.4 Å². The molecule has 0 radical (unpaired) electrons. The summed E-state index contributed by atoms with van der Waals surface area (Å²) in [6, 6.07) is 5.08. The molecule has 2 rings (SSSR count). The lowest BCUT2D eigenvalue weighted by atomic mass is 10.1. The van der Waals surface area contributed by atoms with Crippen LogP contribution in [0.4, 0.5) is 11.5 Å². The number of pyridine rings is 1. The standard InChI is InChI=1S/C14H15N3O4/c1-9-4-5-11-10(13(9)17(20)21)6-8-16-14(11)15-7-2-3-12(18)19/h4-6,8H,2-3,7H2,1H3,(H,15,16)(H,18,19). The number of nitro groups is 1. The Morgan fingerprint density at radius 2 is 2.14 bits per heavy atom. The molecule has 0 spiro atoms. The summed E-state index contributed by atoms with van der Waals surface area (Å²) >= 11 is 0. The van der Waals surface area contributed by atoms with Gasteiger partial charge in [-0.15, -0.1) is 0 Å². The van der Waals surface area contributed by atoms with Crippen LogP contribution in [-0.4, -0.2) is 27.5 Å². The van der Waals surface area contributed by atoms with E-state index >= 15 is 0 Å². The van der Waals surface area contributed by atoms with Gasteiger partial charge in [-0.2, -0.15) is 0 Å². The first-order chi connectivity index (χ1) is 10.0. The smallest absolute Gasteiger partial charge is 0.303 e. The number of hydrogen-bond donors (Lipinski definition) is 2. The first kappa shape index (κ1) is 14.7. The predicted octanol–water partition coefficient (Wildman–Crippen LogP) is 2.73. The molecule has 0 aliphatic heterocycles. The van der Waals surface area contributed by atoms with Crippen molar-refractivity contribution in [1.82, 2.24) is 4.98 Å². The Kier molecular flexibility index (Phi) is 4.32. The van der Waals surface area contributed by atoms with Crippen LogP contribution in [0, 0.1) is 17.0 Å². The van der Waals surface area contributed by atoms with Crippen molar-refractivity contribution in [3.63, 3.8) is 0 Å². The van der Waals surface area contributed by atoms with Crippen molar-refractivity contribution in [2.24, 2.45) is 0 Å². The Bertz CT molecular complexity index is 700. The van der Waals surface area contributed by atoms with E-state index in [4.69, 9.17) is 5.11 Å². The third-order valence-electron chi connectivity index (χ3n) is 3.16. The molecule has 2 N–H and O–H groups in total. The van der Waals surface area contributed by atoms with E-state index in [2.05, 4.69) is 10.3 Å². The van der Waals surface area contributed by atoms with E-state index in [-0.39, 0.29) is 12.1 Å². The summed E-state index contributed by atoms with van der Waals surface area (Å²) in [6.07, 6.45) is 2.03. The molecule has 1 aromatic carbocycles. The van der Waals surface area contributed by atoms with Gasteiger partial charge in [0.25, 0.3) is 5.69 Å². The van der Waals surface area contributed by atoms with Crippen molar-refractivity contribution < 1.29 is 14.8 Å². The van der Waals surface area contributed by atoms with Crippen LogP contribution in [0.5, 0.6) is 0 Å². The van der Waals surface area contributed by atoms with Crippen molar-refractivity contribution in [2.75, 3.05) is 11.9 Å². The zero-order chi connectivity index (χ0) is 15.4. The van der Waals surface area contributed by atoms with Crippen molar-refractivity contribution in [2.45, 2.75) is 19.8 Å². The molecule has 0 aliphatic rings. The quantitative estimate of drug-likeness (QED) is 0.481. The van der Waals surface area contributed by atoms with Crippen LogP contribution in [0.25, 0.3) is 10.8 Å². The average Bonchev–Trinajstić information content (AvgIpc) is 2.42. The van der Waals surface area contributed by atoms with Crippen LogP contribution in [0.3, 0.4) is 0 Å². The third-order valence-corrected chi connectivity index (χ3v) is 3.16. The topological polar surface area (TPSA) is 105 Å². The molecule has 0 aliphatic carbocycles. The maximum atomic E-state index is 11.2. The van der Waals surface area contributed by atoms with Crippen LogP contribution >= 0.6 is 0 Å².